The Morgan fingerprint density at radius 3 is 1.31 bits per heavy atom. The SMILES string of the molecule is C=c1cc(O)c2ccccc2c1=CC=c1c(=C)cc(O)c2ccccc12. The van der Waals surface area contributed by atoms with Gasteiger partial charge in [0.2, 0.25) is 0 Å². The summed E-state index contributed by atoms with van der Waals surface area (Å²) in [7, 11) is 0. The van der Waals surface area contributed by atoms with Crippen LogP contribution < -0.4 is 20.9 Å². The lowest BCUT2D eigenvalue weighted by Gasteiger charge is -2.03. The van der Waals surface area contributed by atoms with Crippen molar-refractivity contribution in [2.75, 3.05) is 0 Å². The van der Waals surface area contributed by atoms with Crippen molar-refractivity contribution in [3.63, 3.8) is 0 Å². The van der Waals surface area contributed by atoms with Gasteiger partial charge >= 0.3 is 0 Å². The van der Waals surface area contributed by atoms with Gasteiger partial charge in [-0.15, -0.1) is 0 Å². The van der Waals surface area contributed by atoms with Crippen molar-refractivity contribution in [2.45, 2.75) is 0 Å². The number of phenolic OH excluding ortho intramolecular Hbond substituents is 2. The third-order valence-corrected chi connectivity index (χ3v) is 4.72. The van der Waals surface area contributed by atoms with Crippen LogP contribution in [-0.4, -0.2) is 10.2 Å². The smallest absolute Gasteiger partial charge is 0.124 e. The highest BCUT2D eigenvalue weighted by molar-refractivity contribution is 5.92. The zero-order valence-corrected chi connectivity index (χ0v) is 14.2. The Kier molecular flexibility index (Phi) is 3.74. The van der Waals surface area contributed by atoms with Crippen LogP contribution in [0.25, 0.3) is 46.9 Å². The van der Waals surface area contributed by atoms with E-state index >= 15 is 0 Å². The van der Waals surface area contributed by atoms with Crippen LogP contribution in [0, 0.1) is 0 Å². The molecule has 0 unspecified atom stereocenters. The lowest BCUT2D eigenvalue weighted by atomic mass is 10.0. The highest BCUT2D eigenvalue weighted by atomic mass is 16.3. The number of fused-ring (bicyclic) bond motifs is 2. The van der Waals surface area contributed by atoms with E-state index in [-0.39, 0.29) is 11.5 Å². The van der Waals surface area contributed by atoms with Crippen molar-refractivity contribution in [3.05, 3.63) is 81.5 Å². The molecule has 2 N–H and O–H groups in total. The largest absolute Gasteiger partial charge is 0.507 e. The maximum atomic E-state index is 10.2. The lowest BCUT2D eigenvalue weighted by molar-refractivity contribution is 0.480. The Hall–Kier alpha value is -3.52. The normalized spacial score (nSPS) is 12.9. The van der Waals surface area contributed by atoms with Gasteiger partial charge in [-0.05, 0) is 43.8 Å². The lowest BCUT2D eigenvalue weighted by Crippen LogP contribution is -2.26. The van der Waals surface area contributed by atoms with Crippen LogP contribution in [0.1, 0.15) is 0 Å². The Bertz CT molecular complexity index is 1270. The van der Waals surface area contributed by atoms with Crippen LogP contribution in [0.4, 0.5) is 0 Å². The second kappa shape index (κ2) is 6.08. The van der Waals surface area contributed by atoms with Gasteiger partial charge in [0.1, 0.15) is 11.5 Å². The van der Waals surface area contributed by atoms with Gasteiger partial charge in [0, 0.05) is 10.8 Å². The Morgan fingerprint density at radius 2 is 0.923 bits per heavy atom. The van der Waals surface area contributed by atoms with Crippen molar-refractivity contribution < 1.29 is 10.2 Å². The molecule has 26 heavy (non-hydrogen) atoms. The summed E-state index contributed by atoms with van der Waals surface area (Å²) in [6.07, 6.45) is 4.00. The Labute approximate surface area is 150 Å². The van der Waals surface area contributed by atoms with Crippen molar-refractivity contribution in [3.8, 4) is 11.5 Å². The van der Waals surface area contributed by atoms with Gasteiger partial charge in [0.05, 0.1) is 0 Å². The standard InChI is InChI=1S/C24H18O2/c1-15-13-23(25)21-9-5-3-7-19(21)17(15)11-12-18-16(2)14-24(26)22-10-6-4-8-20(18)22/h3-14,25-26H,1-2H2. The van der Waals surface area contributed by atoms with E-state index in [9.17, 15) is 10.2 Å². The number of phenols is 2. The van der Waals surface area contributed by atoms with Crippen LogP contribution in [0.2, 0.25) is 0 Å². The number of rotatable bonds is 1. The summed E-state index contributed by atoms with van der Waals surface area (Å²) in [5.41, 5.74) is 0. The molecule has 2 nitrogen and oxygen atoms in total. The maximum Gasteiger partial charge on any atom is 0.124 e. The van der Waals surface area contributed by atoms with Crippen molar-refractivity contribution in [1.82, 2.24) is 0 Å². The summed E-state index contributed by atoms with van der Waals surface area (Å²) in [4.78, 5) is 0. The van der Waals surface area contributed by atoms with Gasteiger partial charge in [-0.25, -0.2) is 0 Å². The van der Waals surface area contributed by atoms with Gasteiger partial charge in [0.15, 0.2) is 0 Å². The molecule has 0 bridgehead atoms. The molecule has 0 aliphatic carbocycles. The summed E-state index contributed by atoms with van der Waals surface area (Å²) < 4.78 is 0. The Morgan fingerprint density at radius 1 is 0.577 bits per heavy atom. The van der Waals surface area contributed by atoms with E-state index < -0.39 is 0 Å². The molecule has 0 aliphatic rings. The van der Waals surface area contributed by atoms with E-state index in [4.69, 9.17) is 0 Å². The molecule has 0 saturated heterocycles. The van der Waals surface area contributed by atoms with Crippen LogP contribution in [0.3, 0.4) is 0 Å². The van der Waals surface area contributed by atoms with E-state index in [1.807, 2.05) is 60.7 Å². The molecule has 126 valence electrons. The molecule has 4 aromatic rings. The monoisotopic (exact) mass is 338 g/mol. The fourth-order valence-electron chi connectivity index (χ4n) is 3.43. The molecular weight excluding hydrogens is 320 g/mol. The van der Waals surface area contributed by atoms with Crippen molar-refractivity contribution in [2.24, 2.45) is 0 Å². The first-order chi connectivity index (χ1) is 12.6. The molecule has 4 aromatic carbocycles. The minimum absolute atomic E-state index is 0.232. The van der Waals surface area contributed by atoms with Gasteiger partial charge in [-0.3, -0.25) is 0 Å². The highest BCUT2D eigenvalue weighted by Gasteiger charge is 2.02. The summed E-state index contributed by atoms with van der Waals surface area (Å²) in [5.74, 6) is 0.464. The molecule has 4 rings (SSSR count). The molecule has 0 spiro atoms. The summed E-state index contributed by atoms with van der Waals surface area (Å²) in [6.45, 7) is 8.15. The van der Waals surface area contributed by atoms with Crippen molar-refractivity contribution in [1.29, 1.82) is 0 Å². The topological polar surface area (TPSA) is 40.5 Å². The molecule has 0 amide bonds. The second-order valence-electron chi connectivity index (χ2n) is 6.36. The minimum atomic E-state index is 0.232. The third kappa shape index (κ3) is 2.52. The molecule has 2 heteroatoms. The summed E-state index contributed by atoms with van der Waals surface area (Å²) >= 11 is 0. The average Bonchev–Trinajstić information content (AvgIpc) is 2.64. The van der Waals surface area contributed by atoms with E-state index in [1.54, 1.807) is 12.1 Å². The average molecular weight is 338 g/mol. The van der Waals surface area contributed by atoms with Gasteiger partial charge in [0.25, 0.3) is 0 Å². The van der Waals surface area contributed by atoms with Crippen molar-refractivity contribution >= 4 is 46.9 Å². The minimum Gasteiger partial charge on any atom is -0.507 e. The fraction of sp³-hybridized carbons (Fsp3) is 0. The van der Waals surface area contributed by atoms with Crippen LogP contribution >= 0.6 is 0 Å². The van der Waals surface area contributed by atoms with E-state index in [0.717, 1.165) is 42.4 Å². The summed E-state index contributed by atoms with van der Waals surface area (Å²) in [6, 6.07) is 18.8. The van der Waals surface area contributed by atoms with Gasteiger partial charge in [-0.2, -0.15) is 0 Å². The molecule has 0 saturated carbocycles. The molecule has 0 heterocycles. The zero-order chi connectivity index (χ0) is 18.3. The summed E-state index contributed by atoms with van der Waals surface area (Å²) in [5, 5.41) is 27.3. The van der Waals surface area contributed by atoms with Gasteiger partial charge < -0.3 is 10.2 Å². The number of hydrogen-bond acceptors (Lipinski definition) is 2. The first-order valence-electron chi connectivity index (χ1n) is 8.37. The first kappa shape index (κ1) is 16.0. The quantitative estimate of drug-likeness (QED) is 0.560. The number of aromatic hydroxyl groups is 2. The number of benzene rings is 4. The third-order valence-electron chi connectivity index (χ3n) is 4.72. The van der Waals surface area contributed by atoms with E-state index in [0.29, 0.717) is 0 Å². The predicted octanol–water partition coefficient (Wildman–Crippen LogP) is 2.49. The van der Waals surface area contributed by atoms with Gasteiger partial charge in [-0.1, -0.05) is 73.8 Å². The molecule has 0 atom stereocenters. The maximum absolute atomic E-state index is 10.2. The first-order valence-corrected chi connectivity index (χ1v) is 8.37. The zero-order valence-electron chi connectivity index (χ0n) is 14.2. The Balaban J connectivity index is 2.13. The molecular formula is C24H18O2. The molecule has 0 aliphatic heterocycles. The molecule has 0 aromatic heterocycles. The van der Waals surface area contributed by atoms with E-state index in [1.165, 1.54) is 0 Å². The van der Waals surface area contributed by atoms with Crippen LogP contribution in [0.15, 0.2) is 60.7 Å². The van der Waals surface area contributed by atoms with Crippen LogP contribution in [0.5, 0.6) is 11.5 Å². The molecule has 0 fully saturated rings. The highest BCUT2D eigenvalue weighted by Crippen LogP contribution is 2.20. The number of hydrogen-bond donors (Lipinski definition) is 2. The van der Waals surface area contributed by atoms with E-state index in [2.05, 4.69) is 13.2 Å². The second-order valence-corrected chi connectivity index (χ2v) is 6.36. The van der Waals surface area contributed by atoms with Crippen LogP contribution in [-0.2, 0) is 0 Å². The fourth-order valence-corrected chi connectivity index (χ4v) is 3.43. The predicted molar refractivity (Wildman–Crippen MR) is 110 cm³/mol. The molecule has 0 radical (unpaired) electrons.